The fourth-order valence-corrected chi connectivity index (χ4v) is 4.60. The Bertz CT molecular complexity index is 1050. The van der Waals surface area contributed by atoms with E-state index in [1.54, 1.807) is 30.3 Å². The molecule has 1 unspecified atom stereocenters. The first kappa shape index (κ1) is 21.6. The lowest BCUT2D eigenvalue weighted by Crippen LogP contribution is -2.34. The summed E-state index contributed by atoms with van der Waals surface area (Å²) in [5.74, 6) is 0. The van der Waals surface area contributed by atoms with Crippen LogP contribution in [0, 0.1) is 0 Å². The molecular weight excluding hydrogens is 398 g/mol. The Morgan fingerprint density at radius 1 is 0.867 bits per heavy atom. The van der Waals surface area contributed by atoms with Crippen molar-refractivity contribution in [1.82, 2.24) is 5.32 Å². The van der Waals surface area contributed by atoms with Gasteiger partial charge in [0.25, 0.3) is 0 Å². The van der Waals surface area contributed by atoms with E-state index in [-0.39, 0.29) is 11.5 Å². The van der Waals surface area contributed by atoms with Crippen LogP contribution < -0.4 is 5.32 Å². The van der Waals surface area contributed by atoms with Crippen LogP contribution in [-0.2, 0) is 14.6 Å². The van der Waals surface area contributed by atoms with E-state index in [0.717, 1.165) is 24.0 Å². The van der Waals surface area contributed by atoms with Crippen LogP contribution in [-0.4, -0.2) is 21.1 Å². The van der Waals surface area contributed by atoms with E-state index in [1.807, 2.05) is 49.4 Å². The normalized spacial score (nSPS) is 12.2. The summed E-state index contributed by atoms with van der Waals surface area (Å²) in [7, 11) is -3.87. The van der Waals surface area contributed by atoms with Crippen molar-refractivity contribution in [3.63, 3.8) is 0 Å². The second kappa shape index (κ2) is 10.1. The maximum absolute atomic E-state index is 13.3. The molecule has 0 radical (unpaired) electrons. The molecule has 0 saturated carbocycles. The Morgan fingerprint density at radius 3 is 2.03 bits per heavy atom. The van der Waals surface area contributed by atoms with Crippen molar-refractivity contribution in [1.29, 1.82) is 0 Å². The van der Waals surface area contributed by atoms with Crippen molar-refractivity contribution in [2.75, 3.05) is 6.61 Å². The highest BCUT2D eigenvalue weighted by molar-refractivity contribution is 7.91. The Balaban J connectivity index is 1.92. The number of unbranched alkanes of at least 4 members (excludes halogenated alkanes) is 1. The van der Waals surface area contributed by atoms with E-state index in [1.165, 1.54) is 12.1 Å². The van der Waals surface area contributed by atoms with Gasteiger partial charge in [0, 0.05) is 0 Å². The molecule has 3 rings (SSSR count). The number of nitrogens with one attached hydrogen (secondary N) is 1. The van der Waals surface area contributed by atoms with Crippen LogP contribution in [0.1, 0.15) is 30.7 Å². The topological polar surface area (TPSA) is 72.5 Å². The Kier molecular flexibility index (Phi) is 7.25. The molecule has 1 atom stereocenters. The standard InChI is InChI=1S/C24H25NO4S/c1-2-3-18-29-24(26)25-23(30(27,28)22-12-8-5-9-13-22)21-16-14-20(15-17-21)19-10-6-4-7-11-19/h4-17,23H,2-3,18H2,1H3,(H,25,26). The zero-order valence-corrected chi connectivity index (χ0v) is 17.6. The third-order valence-corrected chi connectivity index (χ3v) is 6.62. The number of benzene rings is 3. The zero-order valence-electron chi connectivity index (χ0n) is 16.8. The van der Waals surface area contributed by atoms with Gasteiger partial charge in [0.2, 0.25) is 9.84 Å². The lowest BCUT2D eigenvalue weighted by Gasteiger charge is -2.20. The highest BCUT2D eigenvalue weighted by Crippen LogP contribution is 2.29. The van der Waals surface area contributed by atoms with Gasteiger partial charge in [-0.2, -0.15) is 0 Å². The van der Waals surface area contributed by atoms with Gasteiger partial charge in [-0.25, -0.2) is 13.2 Å². The van der Waals surface area contributed by atoms with Crippen molar-refractivity contribution in [2.24, 2.45) is 0 Å². The quantitative estimate of drug-likeness (QED) is 0.496. The molecule has 0 heterocycles. The molecule has 3 aromatic carbocycles. The third kappa shape index (κ3) is 5.27. The summed E-state index contributed by atoms with van der Waals surface area (Å²) in [6, 6.07) is 25.0. The van der Waals surface area contributed by atoms with E-state index < -0.39 is 21.3 Å². The van der Waals surface area contributed by atoms with Crippen LogP contribution in [0.2, 0.25) is 0 Å². The molecule has 0 aromatic heterocycles. The molecule has 0 aliphatic rings. The minimum absolute atomic E-state index is 0.135. The molecular formula is C24H25NO4S. The Hall–Kier alpha value is -3.12. The third-order valence-electron chi connectivity index (χ3n) is 4.68. The van der Waals surface area contributed by atoms with Crippen molar-refractivity contribution >= 4 is 15.9 Å². The summed E-state index contributed by atoms with van der Waals surface area (Å²) in [6.45, 7) is 2.23. The lowest BCUT2D eigenvalue weighted by atomic mass is 10.0. The number of carbonyl (C=O) groups excluding carboxylic acids is 1. The molecule has 6 heteroatoms. The van der Waals surface area contributed by atoms with Gasteiger partial charge in [0.1, 0.15) is 0 Å². The number of ether oxygens (including phenoxy) is 1. The molecule has 0 aliphatic carbocycles. The van der Waals surface area contributed by atoms with E-state index >= 15 is 0 Å². The highest BCUT2D eigenvalue weighted by atomic mass is 32.2. The summed E-state index contributed by atoms with van der Waals surface area (Å²) < 4.78 is 31.7. The van der Waals surface area contributed by atoms with Crippen LogP contribution in [0.15, 0.2) is 89.8 Å². The average molecular weight is 424 g/mol. The SMILES string of the molecule is CCCCOC(=O)NC(c1ccc(-c2ccccc2)cc1)S(=O)(=O)c1ccccc1. The second-order valence-corrected chi connectivity index (χ2v) is 8.89. The first-order valence-corrected chi connectivity index (χ1v) is 11.4. The number of carbonyl (C=O) groups is 1. The fourth-order valence-electron chi connectivity index (χ4n) is 3.03. The van der Waals surface area contributed by atoms with Crippen LogP contribution in [0.5, 0.6) is 0 Å². The fraction of sp³-hybridized carbons (Fsp3) is 0.208. The molecule has 0 bridgehead atoms. The predicted molar refractivity (Wildman–Crippen MR) is 118 cm³/mol. The summed E-state index contributed by atoms with van der Waals surface area (Å²) in [5, 5.41) is 1.29. The van der Waals surface area contributed by atoms with Crippen LogP contribution in [0.4, 0.5) is 4.79 Å². The summed E-state index contributed by atoms with van der Waals surface area (Å²) in [6.07, 6.45) is 0.843. The van der Waals surface area contributed by atoms with E-state index in [0.29, 0.717) is 5.56 Å². The van der Waals surface area contributed by atoms with Crippen LogP contribution in [0.3, 0.4) is 0 Å². The molecule has 1 amide bonds. The summed E-state index contributed by atoms with van der Waals surface area (Å²) in [5.41, 5.74) is 2.45. The number of alkyl carbamates (subject to hydrolysis) is 1. The first-order valence-electron chi connectivity index (χ1n) is 9.90. The number of amides is 1. The molecule has 1 N–H and O–H groups in total. The second-order valence-electron chi connectivity index (χ2n) is 6.86. The van der Waals surface area contributed by atoms with Gasteiger partial charge in [-0.15, -0.1) is 0 Å². The van der Waals surface area contributed by atoms with Gasteiger partial charge >= 0.3 is 6.09 Å². The molecule has 0 fully saturated rings. The smallest absolute Gasteiger partial charge is 0.408 e. The van der Waals surface area contributed by atoms with Gasteiger partial charge in [0.05, 0.1) is 11.5 Å². The Labute approximate surface area is 177 Å². The molecule has 3 aromatic rings. The molecule has 30 heavy (non-hydrogen) atoms. The minimum Gasteiger partial charge on any atom is -0.450 e. The van der Waals surface area contributed by atoms with Gasteiger partial charge in [0.15, 0.2) is 5.37 Å². The molecule has 156 valence electrons. The number of sulfone groups is 1. The highest BCUT2D eigenvalue weighted by Gasteiger charge is 2.31. The van der Waals surface area contributed by atoms with Crippen molar-refractivity contribution in [3.05, 3.63) is 90.5 Å². The van der Waals surface area contributed by atoms with Gasteiger partial charge < -0.3 is 10.1 Å². The van der Waals surface area contributed by atoms with Crippen LogP contribution in [0.25, 0.3) is 11.1 Å². The average Bonchev–Trinajstić information content (AvgIpc) is 2.79. The first-order chi connectivity index (χ1) is 14.5. The van der Waals surface area contributed by atoms with Crippen molar-refractivity contribution in [3.8, 4) is 11.1 Å². The monoisotopic (exact) mass is 423 g/mol. The van der Waals surface area contributed by atoms with E-state index in [9.17, 15) is 13.2 Å². The summed E-state index contributed by atoms with van der Waals surface area (Å²) >= 11 is 0. The molecule has 0 saturated heterocycles. The number of rotatable bonds is 8. The molecule has 0 aliphatic heterocycles. The van der Waals surface area contributed by atoms with Crippen molar-refractivity contribution < 1.29 is 17.9 Å². The van der Waals surface area contributed by atoms with E-state index in [4.69, 9.17) is 4.74 Å². The number of hydrogen-bond donors (Lipinski definition) is 1. The number of hydrogen-bond acceptors (Lipinski definition) is 4. The maximum atomic E-state index is 13.3. The van der Waals surface area contributed by atoms with Gasteiger partial charge in [-0.1, -0.05) is 86.1 Å². The van der Waals surface area contributed by atoms with Gasteiger partial charge in [-0.05, 0) is 35.2 Å². The summed E-state index contributed by atoms with van der Waals surface area (Å²) in [4.78, 5) is 12.4. The minimum atomic E-state index is -3.87. The lowest BCUT2D eigenvalue weighted by molar-refractivity contribution is 0.143. The Morgan fingerprint density at radius 2 is 1.43 bits per heavy atom. The molecule has 0 spiro atoms. The van der Waals surface area contributed by atoms with Gasteiger partial charge in [-0.3, -0.25) is 0 Å². The largest absolute Gasteiger partial charge is 0.450 e. The predicted octanol–water partition coefficient (Wildman–Crippen LogP) is 5.35. The maximum Gasteiger partial charge on any atom is 0.408 e. The van der Waals surface area contributed by atoms with Crippen molar-refractivity contribution in [2.45, 2.75) is 30.0 Å². The zero-order chi connectivity index (χ0) is 21.4. The van der Waals surface area contributed by atoms with E-state index in [2.05, 4.69) is 5.32 Å². The van der Waals surface area contributed by atoms with Crippen LogP contribution >= 0.6 is 0 Å². The molecule has 5 nitrogen and oxygen atoms in total.